The number of carbonyl (C=O) groups excluding carboxylic acids is 1. The van der Waals surface area contributed by atoms with Crippen LogP contribution in [0.5, 0.6) is 0 Å². The van der Waals surface area contributed by atoms with Gasteiger partial charge in [-0.2, -0.15) is 0 Å². The van der Waals surface area contributed by atoms with Crippen LogP contribution in [-0.2, 0) is 9.53 Å². The van der Waals surface area contributed by atoms with Crippen molar-refractivity contribution in [2.24, 2.45) is 5.92 Å². The Kier molecular flexibility index (Phi) is 6.71. The zero-order chi connectivity index (χ0) is 18.4. The molecule has 25 heavy (non-hydrogen) atoms. The first-order valence-corrected chi connectivity index (χ1v) is 8.84. The zero-order valence-corrected chi connectivity index (χ0v) is 15.2. The molecular formula is C20H23ClO4. The van der Waals surface area contributed by atoms with Crippen LogP contribution in [-0.4, -0.2) is 22.1 Å². The number of benzene rings is 1. The number of fused-ring (bicyclic) bond motifs is 1. The SMILES string of the molecule is CCCCC.O=C1C=C(c2ccccc2Cl)OC2C=C(O)C=C(O)C12. The molecule has 1 aliphatic carbocycles. The second-order valence-corrected chi connectivity index (χ2v) is 6.37. The van der Waals surface area contributed by atoms with Crippen molar-refractivity contribution in [2.75, 3.05) is 0 Å². The number of aliphatic hydroxyl groups excluding tert-OH is 2. The number of hydrogen-bond acceptors (Lipinski definition) is 4. The summed E-state index contributed by atoms with van der Waals surface area (Å²) in [6, 6.07) is 7.00. The summed E-state index contributed by atoms with van der Waals surface area (Å²) in [5, 5.41) is 19.7. The summed E-state index contributed by atoms with van der Waals surface area (Å²) < 4.78 is 5.69. The predicted molar refractivity (Wildman–Crippen MR) is 99.4 cm³/mol. The monoisotopic (exact) mass is 362 g/mol. The summed E-state index contributed by atoms with van der Waals surface area (Å²) in [5.41, 5.74) is 0.600. The summed E-state index contributed by atoms with van der Waals surface area (Å²) in [4.78, 5) is 12.1. The predicted octanol–water partition coefficient (Wildman–Crippen LogP) is 5.36. The van der Waals surface area contributed by atoms with Gasteiger partial charge >= 0.3 is 0 Å². The van der Waals surface area contributed by atoms with Crippen molar-refractivity contribution in [3.63, 3.8) is 0 Å². The standard InChI is InChI=1S/C15H11ClO4.C5H12/c16-10-4-2-1-3-9(10)13-7-12(19)15-11(18)5-8(17)6-14(15)20-13;1-3-5-4-2/h1-7,14-15,17-18H;3-5H2,1-2H3. The minimum Gasteiger partial charge on any atom is -0.511 e. The number of hydrogen-bond donors (Lipinski definition) is 2. The van der Waals surface area contributed by atoms with Gasteiger partial charge in [-0.3, -0.25) is 4.79 Å². The van der Waals surface area contributed by atoms with E-state index in [1.165, 1.54) is 31.4 Å². The topological polar surface area (TPSA) is 66.8 Å². The van der Waals surface area contributed by atoms with Gasteiger partial charge in [-0.15, -0.1) is 0 Å². The molecule has 1 aromatic rings. The quantitative estimate of drug-likeness (QED) is 0.759. The highest BCUT2D eigenvalue weighted by Crippen LogP contribution is 2.36. The molecule has 1 heterocycles. The normalized spacial score (nSPS) is 21.7. The highest BCUT2D eigenvalue weighted by Gasteiger charge is 2.38. The Bertz CT molecular complexity index is 716. The van der Waals surface area contributed by atoms with E-state index in [0.29, 0.717) is 16.3 Å². The molecule has 1 aromatic carbocycles. The van der Waals surface area contributed by atoms with E-state index in [4.69, 9.17) is 16.3 Å². The number of unbranched alkanes of at least 4 members (excludes halogenated alkanes) is 2. The molecule has 0 radical (unpaired) electrons. The number of ether oxygens (including phenoxy) is 1. The van der Waals surface area contributed by atoms with Crippen molar-refractivity contribution >= 4 is 23.1 Å². The second kappa shape index (κ2) is 8.77. The van der Waals surface area contributed by atoms with Crippen LogP contribution in [0.15, 0.2) is 54.0 Å². The molecule has 0 saturated heterocycles. The van der Waals surface area contributed by atoms with Gasteiger partial charge < -0.3 is 14.9 Å². The molecule has 0 fully saturated rings. The molecule has 0 bridgehead atoms. The summed E-state index contributed by atoms with van der Waals surface area (Å²) in [5.74, 6) is -1.09. The molecule has 5 heteroatoms. The van der Waals surface area contributed by atoms with Gasteiger partial charge in [0, 0.05) is 17.7 Å². The van der Waals surface area contributed by atoms with Gasteiger partial charge in [0.15, 0.2) is 5.78 Å². The van der Waals surface area contributed by atoms with E-state index in [2.05, 4.69) is 13.8 Å². The van der Waals surface area contributed by atoms with Gasteiger partial charge in [-0.25, -0.2) is 0 Å². The number of rotatable bonds is 3. The molecule has 0 amide bonds. The highest BCUT2D eigenvalue weighted by atomic mass is 35.5. The van der Waals surface area contributed by atoms with E-state index < -0.39 is 12.0 Å². The van der Waals surface area contributed by atoms with Crippen LogP contribution in [0.3, 0.4) is 0 Å². The van der Waals surface area contributed by atoms with Gasteiger partial charge in [-0.05, 0) is 18.2 Å². The van der Waals surface area contributed by atoms with Gasteiger partial charge in [0.1, 0.15) is 29.3 Å². The third kappa shape index (κ3) is 4.67. The molecule has 0 aromatic heterocycles. The van der Waals surface area contributed by atoms with Crippen molar-refractivity contribution in [3.8, 4) is 0 Å². The lowest BCUT2D eigenvalue weighted by Gasteiger charge is -2.31. The van der Waals surface area contributed by atoms with Crippen LogP contribution in [0.1, 0.15) is 38.7 Å². The van der Waals surface area contributed by atoms with Crippen LogP contribution in [0.4, 0.5) is 0 Å². The molecule has 0 saturated carbocycles. The Morgan fingerprint density at radius 2 is 1.80 bits per heavy atom. The molecule has 3 rings (SSSR count). The van der Waals surface area contributed by atoms with Crippen LogP contribution in [0, 0.1) is 5.92 Å². The maximum absolute atomic E-state index is 12.1. The molecule has 2 unspecified atom stereocenters. The largest absolute Gasteiger partial charge is 0.511 e. The van der Waals surface area contributed by atoms with Crippen molar-refractivity contribution in [1.82, 2.24) is 0 Å². The molecule has 2 aliphatic rings. The number of ketones is 1. The van der Waals surface area contributed by atoms with E-state index in [1.807, 2.05) is 0 Å². The Labute approximate surface area is 153 Å². The maximum atomic E-state index is 12.1. The third-order valence-corrected chi connectivity index (χ3v) is 4.30. The summed E-state index contributed by atoms with van der Waals surface area (Å²) in [6.45, 7) is 4.42. The number of carbonyl (C=O) groups is 1. The molecule has 4 nitrogen and oxygen atoms in total. The van der Waals surface area contributed by atoms with Crippen LogP contribution in [0.2, 0.25) is 5.02 Å². The smallest absolute Gasteiger partial charge is 0.174 e. The fraction of sp³-hybridized carbons (Fsp3) is 0.350. The Morgan fingerprint density at radius 1 is 1.12 bits per heavy atom. The van der Waals surface area contributed by atoms with Crippen molar-refractivity contribution < 1.29 is 19.7 Å². The third-order valence-electron chi connectivity index (χ3n) is 3.97. The van der Waals surface area contributed by atoms with Gasteiger partial charge in [0.2, 0.25) is 0 Å². The maximum Gasteiger partial charge on any atom is 0.174 e. The first-order valence-electron chi connectivity index (χ1n) is 8.46. The van der Waals surface area contributed by atoms with E-state index in [-0.39, 0.29) is 17.3 Å². The van der Waals surface area contributed by atoms with Crippen molar-refractivity contribution in [3.05, 3.63) is 64.6 Å². The van der Waals surface area contributed by atoms with Gasteiger partial charge in [0.05, 0.1) is 5.02 Å². The van der Waals surface area contributed by atoms with E-state index in [9.17, 15) is 15.0 Å². The first-order chi connectivity index (χ1) is 12.0. The molecule has 134 valence electrons. The average molecular weight is 363 g/mol. The number of allylic oxidation sites excluding steroid dienone is 2. The Balaban J connectivity index is 0.000000399. The number of halogens is 1. The highest BCUT2D eigenvalue weighted by molar-refractivity contribution is 6.32. The van der Waals surface area contributed by atoms with E-state index in [1.54, 1.807) is 24.3 Å². The van der Waals surface area contributed by atoms with Crippen molar-refractivity contribution in [1.29, 1.82) is 0 Å². The fourth-order valence-electron chi connectivity index (χ4n) is 2.69. The molecule has 1 aliphatic heterocycles. The summed E-state index contributed by atoms with van der Waals surface area (Å²) >= 11 is 6.08. The molecular weight excluding hydrogens is 340 g/mol. The Morgan fingerprint density at radius 3 is 2.40 bits per heavy atom. The minimum absolute atomic E-state index is 0.128. The van der Waals surface area contributed by atoms with E-state index in [0.717, 1.165) is 6.08 Å². The average Bonchev–Trinajstić information content (AvgIpc) is 2.55. The van der Waals surface area contributed by atoms with Crippen molar-refractivity contribution in [2.45, 2.75) is 39.2 Å². The van der Waals surface area contributed by atoms with Crippen LogP contribution in [0.25, 0.3) is 5.76 Å². The molecule has 2 N–H and O–H groups in total. The summed E-state index contributed by atoms with van der Waals surface area (Å²) in [7, 11) is 0. The lowest BCUT2D eigenvalue weighted by molar-refractivity contribution is -0.121. The lowest BCUT2D eigenvalue weighted by atomic mass is 9.88. The first kappa shape index (κ1) is 19.1. The minimum atomic E-state index is -0.808. The van der Waals surface area contributed by atoms with E-state index >= 15 is 0 Å². The van der Waals surface area contributed by atoms with Crippen LogP contribution >= 0.6 is 11.6 Å². The lowest BCUT2D eigenvalue weighted by Crippen LogP contribution is -2.35. The second-order valence-electron chi connectivity index (χ2n) is 5.97. The Hall–Kier alpha value is -2.20. The van der Waals surface area contributed by atoms with Gasteiger partial charge in [0.25, 0.3) is 0 Å². The zero-order valence-electron chi connectivity index (χ0n) is 14.4. The van der Waals surface area contributed by atoms with Crippen LogP contribution < -0.4 is 0 Å². The van der Waals surface area contributed by atoms with Gasteiger partial charge in [-0.1, -0.05) is 56.8 Å². The fourth-order valence-corrected chi connectivity index (χ4v) is 2.92. The molecule has 0 spiro atoms. The molecule has 2 atom stereocenters. The number of aliphatic hydroxyl groups is 2. The summed E-state index contributed by atoms with van der Waals surface area (Å²) in [6.07, 6.45) is 7.21.